The average Bonchev–Trinajstić information content (AvgIpc) is 2.68. The van der Waals surface area contributed by atoms with Crippen molar-refractivity contribution in [2.45, 2.75) is 19.4 Å². The summed E-state index contributed by atoms with van der Waals surface area (Å²) in [5, 5.41) is 11.5. The summed E-state index contributed by atoms with van der Waals surface area (Å²) in [4.78, 5) is 13.3. The van der Waals surface area contributed by atoms with E-state index in [1.165, 1.54) is 5.56 Å². The zero-order chi connectivity index (χ0) is 12.3. The van der Waals surface area contributed by atoms with E-state index in [2.05, 4.69) is 17.5 Å². The molecule has 0 aromatic heterocycles. The molecule has 1 aromatic rings. The largest absolute Gasteiger partial charge is 0.329 e. The van der Waals surface area contributed by atoms with Crippen LogP contribution >= 0.6 is 0 Å². The fourth-order valence-corrected chi connectivity index (χ4v) is 2.04. The van der Waals surface area contributed by atoms with Gasteiger partial charge in [-0.2, -0.15) is 5.26 Å². The van der Waals surface area contributed by atoms with E-state index in [-0.39, 0.29) is 12.1 Å². The molecule has 88 valence electrons. The van der Waals surface area contributed by atoms with Crippen molar-refractivity contribution in [3.63, 3.8) is 0 Å². The molecule has 0 saturated carbocycles. The predicted octanol–water partition coefficient (Wildman–Crippen LogP) is 1.97. The summed E-state index contributed by atoms with van der Waals surface area (Å²) < 4.78 is 0. The lowest BCUT2D eigenvalue weighted by molar-refractivity contribution is 0.218. The molecular formula is C13H15N3O. The van der Waals surface area contributed by atoms with Gasteiger partial charge in [0.05, 0.1) is 18.5 Å². The first kappa shape index (κ1) is 11.5. The summed E-state index contributed by atoms with van der Waals surface area (Å²) in [6.45, 7) is 3.18. The molecule has 2 rings (SSSR count). The van der Waals surface area contributed by atoms with Gasteiger partial charge in [-0.15, -0.1) is 0 Å². The van der Waals surface area contributed by atoms with Crippen LogP contribution in [0.2, 0.25) is 0 Å². The maximum absolute atomic E-state index is 11.7. The molecule has 1 N–H and O–H groups in total. The van der Waals surface area contributed by atoms with E-state index in [0.29, 0.717) is 19.5 Å². The SMILES string of the molecule is Cc1cccc(C2CN(CCC#N)C(=O)N2)c1. The third-order valence-electron chi connectivity index (χ3n) is 2.93. The van der Waals surface area contributed by atoms with Gasteiger partial charge in [-0.1, -0.05) is 29.8 Å². The molecule has 1 aliphatic rings. The summed E-state index contributed by atoms with van der Waals surface area (Å²) in [6.07, 6.45) is 0.383. The number of benzene rings is 1. The number of hydrogen-bond acceptors (Lipinski definition) is 2. The normalized spacial score (nSPS) is 18.9. The molecule has 4 nitrogen and oxygen atoms in total. The fourth-order valence-electron chi connectivity index (χ4n) is 2.04. The number of nitriles is 1. The van der Waals surface area contributed by atoms with Crippen LogP contribution in [0.25, 0.3) is 0 Å². The van der Waals surface area contributed by atoms with Gasteiger partial charge in [0.2, 0.25) is 0 Å². The summed E-state index contributed by atoms with van der Waals surface area (Å²) in [5.41, 5.74) is 2.31. The minimum absolute atomic E-state index is 0.0427. The van der Waals surface area contributed by atoms with E-state index in [1.807, 2.05) is 25.1 Å². The van der Waals surface area contributed by atoms with Crippen molar-refractivity contribution < 1.29 is 4.79 Å². The highest BCUT2D eigenvalue weighted by atomic mass is 16.2. The Morgan fingerprint density at radius 3 is 3.12 bits per heavy atom. The van der Waals surface area contributed by atoms with Crippen LogP contribution in [-0.2, 0) is 0 Å². The zero-order valence-electron chi connectivity index (χ0n) is 9.81. The van der Waals surface area contributed by atoms with Gasteiger partial charge in [-0.05, 0) is 12.5 Å². The van der Waals surface area contributed by atoms with Gasteiger partial charge in [0.15, 0.2) is 0 Å². The number of urea groups is 1. The van der Waals surface area contributed by atoms with Crippen molar-refractivity contribution in [2.75, 3.05) is 13.1 Å². The van der Waals surface area contributed by atoms with Crippen molar-refractivity contribution >= 4 is 6.03 Å². The number of hydrogen-bond donors (Lipinski definition) is 1. The number of rotatable bonds is 3. The van der Waals surface area contributed by atoms with Gasteiger partial charge in [0, 0.05) is 13.1 Å². The van der Waals surface area contributed by atoms with Crippen LogP contribution in [0.5, 0.6) is 0 Å². The molecule has 4 heteroatoms. The minimum Gasteiger partial charge on any atom is -0.329 e. The van der Waals surface area contributed by atoms with Gasteiger partial charge in [0.1, 0.15) is 0 Å². The first-order valence-electron chi connectivity index (χ1n) is 5.69. The predicted molar refractivity (Wildman–Crippen MR) is 64.3 cm³/mol. The Hall–Kier alpha value is -2.02. The molecule has 1 heterocycles. The van der Waals surface area contributed by atoms with Crippen LogP contribution < -0.4 is 5.32 Å². The van der Waals surface area contributed by atoms with Crippen molar-refractivity contribution in [3.8, 4) is 6.07 Å². The fraction of sp³-hybridized carbons (Fsp3) is 0.385. The molecule has 1 unspecified atom stereocenters. The lowest BCUT2D eigenvalue weighted by atomic mass is 10.1. The summed E-state index contributed by atoms with van der Waals surface area (Å²) in [6, 6.07) is 10.2. The van der Waals surface area contributed by atoms with E-state index in [0.717, 1.165) is 5.56 Å². The lowest BCUT2D eigenvalue weighted by Crippen LogP contribution is -2.28. The Balaban J connectivity index is 2.06. The maximum Gasteiger partial charge on any atom is 0.318 e. The molecule has 17 heavy (non-hydrogen) atoms. The third kappa shape index (κ3) is 2.56. The van der Waals surface area contributed by atoms with Crippen molar-refractivity contribution in [1.82, 2.24) is 10.2 Å². The first-order valence-corrected chi connectivity index (χ1v) is 5.69. The average molecular weight is 229 g/mol. The number of carbonyl (C=O) groups excluding carboxylic acids is 1. The number of amides is 2. The molecule has 2 amide bonds. The lowest BCUT2D eigenvalue weighted by Gasteiger charge is -2.12. The highest BCUT2D eigenvalue weighted by molar-refractivity contribution is 5.77. The monoisotopic (exact) mass is 229 g/mol. The highest BCUT2D eigenvalue weighted by Gasteiger charge is 2.28. The second-order valence-corrected chi connectivity index (χ2v) is 4.27. The zero-order valence-corrected chi connectivity index (χ0v) is 9.81. The Morgan fingerprint density at radius 1 is 1.59 bits per heavy atom. The molecule has 0 aliphatic carbocycles. The molecule has 1 aliphatic heterocycles. The Kier molecular flexibility index (Phi) is 3.29. The van der Waals surface area contributed by atoms with E-state index in [4.69, 9.17) is 5.26 Å². The highest BCUT2D eigenvalue weighted by Crippen LogP contribution is 2.20. The Labute approximate surface area is 101 Å². The molecule has 0 radical (unpaired) electrons. The van der Waals surface area contributed by atoms with Crippen LogP contribution in [0.1, 0.15) is 23.6 Å². The van der Waals surface area contributed by atoms with Crippen molar-refractivity contribution in [2.24, 2.45) is 0 Å². The molecule has 1 fully saturated rings. The van der Waals surface area contributed by atoms with Gasteiger partial charge in [0.25, 0.3) is 0 Å². The number of nitrogens with one attached hydrogen (secondary N) is 1. The Morgan fingerprint density at radius 2 is 2.41 bits per heavy atom. The molecule has 1 atom stereocenters. The summed E-state index contributed by atoms with van der Waals surface area (Å²) >= 11 is 0. The molecule has 0 spiro atoms. The standard InChI is InChI=1S/C13H15N3O/c1-10-4-2-5-11(8-10)12-9-16(7-3-6-14)13(17)15-12/h2,4-5,8,12H,3,7,9H2,1H3,(H,15,17). The van der Waals surface area contributed by atoms with Crippen LogP contribution in [0.4, 0.5) is 4.79 Å². The van der Waals surface area contributed by atoms with Gasteiger partial charge >= 0.3 is 6.03 Å². The maximum atomic E-state index is 11.7. The number of carbonyl (C=O) groups is 1. The topological polar surface area (TPSA) is 56.1 Å². The molecule has 1 aromatic carbocycles. The van der Waals surface area contributed by atoms with Crippen molar-refractivity contribution in [1.29, 1.82) is 5.26 Å². The van der Waals surface area contributed by atoms with E-state index >= 15 is 0 Å². The van der Waals surface area contributed by atoms with Gasteiger partial charge < -0.3 is 10.2 Å². The smallest absolute Gasteiger partial charge is 0.318 e. The summed E-state index contributed by atoms with van der Waals surface area (Å²) in [5.74, 6) is 0. The Bertz CT molecular complexity index is 464. The summed E-state index contributed by atoms with van der Waals surface area (Å²) in [7, 11) is 0. The number of nitrogens with zero attached hydrogens (tertiary/aromatic N) is 2. The third-order valence-corrected chi connectivity index (χ3v) is 2.93. The van der Waals surface area contributed by atoms with Crippen LogP contribution in [0, 0.1) is 18.3 Å². The first-order chi connectivity index (χ1) is 8.20. The van der Waals surface area contributed by atoms with Crippen LogP contribution in [-0.4, -0.2) is 24.0 Å². The van der Waals surface area contributed by atoms with Crippen LogP contribution in [0.15, 0.2) is 24.3 Å². The van der Waals surface area contributed by atoms with E-state index in [9.17, 15) is 4.79 Å². The second-order valence-electron chi connectivity index (χ2n) is 4.27. The quantitative estimate of drug-likeness (QED) is 0.861. The molecule has 1 saturated heterocycles. The minimum atomic E-state index is -0.0771. The second kappa shape index (κ2) is 4.88. The van der Waals surface area contributed by atoms with E-state index in [1.54, 1.807) is 4.90 Å². The van der Waals surface area contributed by atoms with Gasteiger partial charge in [-0.25, -0.2) is 4.79 Å². The molecule has 0 bridgehead atoms. The van der Waals surface area contributed by atoms with Crippen molar-refractivity contribution in [3.05, 3.63) is 35.4 Å². The van der Waals surface area contributed by atoms with Crippen LogP contribution in [0.3, 0.4) is 0 Å². The van der Waals surface area contributed by atoms with Gasteiger partial charge in [-0.3, -0.25) is 0 Å². The molecular weight excluding hydrogens is 214 g/mol. The van der Waals surface area contributed by atoms with E-state index < -0.39 is 0 Å². The number of aryl methyl sites for hydroxylation is 1.